The van der Waals surface area contributed by atoms with Crippen molar-refractivity contribution in [3.8, 4) is 5.75 Å². The average molecular weight is 328 g/mol. The standard InChI is InChI=1S/C18H24N4O2/c1-13-19-18(21-20-13)15-4-3-11-22(12-15)17(23)10-7-14-5-8-16(24-2)9-6-14/h5-6,8-9,15H,3-4,7,10-12H2,1-2H3,(H,19,20,21)/t15-/m0/s1. The summed E-state index contributed by atoms with van der Waals surface area (Å²) in [6, 6.07) is 7.90. The second-order valence-electron chi connectivity index (χ2n) is 6.31. The molecule has 6 heteroatoms. The summed E-state index contributed by atoms with van der Waals surface area (Å²) < 4.78 is 5.16. The van der Waals surface area contributed by atoms with Crippen molar-refractivity contribution in [3.63, 3.8) is 0 Å². The summed E-state index contributed by atoms with van der Waals surface area (Å²) in [5.41, 5.74) is 1.15. The van der Waals surface area contributed by atoms with Gasteiger partial charge in [0.05, 0.1) is 7.11 Å². The van der Waals surface area contributed by atoms with Crippen LogP contribution in [0.4, 0.5) is 0 Å². The molecule has 2 aromatic rings. The lowest BCUT2D eigenvalue weighted by Crippen LogP contribution is -2.39. The maximum atomic E-state index is 12.5. The quantitative estimate of drug-likeness (QED) is 0.915. The van der Waals surface area contributed by atoms with Crippen LogP contribution in [0.5, 0.6) is 5.75 Å². The molecule has 3 rings (SSSR count). The first-order valence-corrected chi connectivity index (χ1v) is 8.45. The minimum atomic E-state index is 0.211. The van der Waals surface area contributed by atoms with Crippen LogP contribution in [0.3, 0.4) is 0 Å². The number of aryl methyl sites for hydroxylation is 2. The number of piperidine rings is 1. The topological polar surface area (TPSA) is 71.1 Å². The number of carbonyl (C=O) groups is 1. The number of aromatic nitrogens is 3. The first kappa shape index (κ1) is 16.5. The maximum absolute atomic E-state index is 12.5. The van der Waals surface area contributed by atoms with Crippen molar-refractivity contribution in [2.75, 3.05) is 20.2 Å². The van der Waals surface area contributed by atoms with E-state index in [1.165, 1.54) is 0 Å². The summed E-state index contributed by atoms with van der Waals surface area (Å²) >= 11 is 0. The van der Waals surface area contributed by atoms with Gasteiger partial charge in [0.15, 0.2) is 5.82 Å². The van der Waals surface area contributed by atoms with Gasteiger partial charge in [-0.25, -0.2) is 4.98 Å². The van der Waals surface area contributed by atoms with Gasteiger partial charge in [0.1, 0.15) is 11.6 Å². The summed E-state index contributed by atoms with van der Waals surface area (Å²) in [7, 11) is 1.65. The molecule has 1 aromatic heterocycles. The number of rotatable bonds is 5. The van der Waals surface area contributed by atoms with Crippen molar-refractivity contribution in [1.29, 1.82) is 0 Å². The number of carbonyl (C=O) groups excluding carboxylic acids is 1. The van der Waals surface area contributed by atoms with Crippen LogP contribution in [0.25, 0.3) is 0 Å². The van der Waals surface area contributed by atoms with Crippen LogP contribution in [-0.2, 0) is 11.2 Å². The molecule has 1 aliphatic heterocycles. The number of H-pyrrole nitrogens is 1. The second-order valence-corrected chi connectivity index (χ2v) is 6.31. The van der Waals surface area contributed by atoms with Gasteiger partial charge in [0.25, 0.3) is 0 Å². The molecule has 0 unspecified atom stereocenters. The van der Waals surface area contributed by atoms with E-state index in [-0.39, 0.29) is 11.8 Å². The second kappa shape index (κ2) is 7.47. The van der Waals surface area contributed by atoms with Crippen LogP contribution in [0.1, 0.15) is 42.4 Å². The van der Waals surface area contributed by atoms with Gasteiger partial charge in [0, 0.05) is 25.4 Å². The molecule has 1 N–H and O–H groups in total. The van der Waals surface area contributed by atoms with Gasteiger partial charge in [-0.3, -0.25) is 9.89 Å². The zero-order chi connectivity index (χ0) is 16.9. The van der Waals surface area contributed by atoms with Gasteiger partial charge in [-0.1, -0.05) is 12.1 Å². The van der Waals surface area contributed by atoms with E-state index in [0.717, 1.165) is 55.3 Å². The molecule has 2 heterocycles. The number of ether oxygens (including phenoxy) is 1. The molecule has 0 saturated carbocycles. The summed E-state index contributed by atoms with van der Waals surface area (Å²) in [5.74, 6) is 2.95. The Morgan fingerprint density at radius 1 is 1.38 bits per heavy atom. The Kier molecular flexibility index (Phi) is 5.13. The molecular formula is C18H24N4O2. The molecule has 1 aliphatic rings. The van der Waals surface area contributed by atoms with E-state index in [4.69, 9.17) is 4.74 Å². The summed E-state index contributed by atoms with van der Waals surface area (Å²) in [6.45, 7) is 3.46. The third-order valence-corrected chi connectivity index (χ3v) is 4.54. The van der Waals surface area contributed by atoms with Crippen molar-refractivity contribution >= 4 is 5.91 Å². The maximum Gasteiger partial charge on any atom is 0.222 e. The molecule has 1 amide bonds. The molecule has 0 bridgehead atoms. The van der Waals surface area contributed by atoms with Crippen LogP contribution >= 0.6 is 0 Å². The Bertz CT molecular complexity index is 681. The number of likely N-dealkylation sites (tertiary alicyclic amines) is 1. The first-order chi connectivity index (χ1) is 11.7. The van der Waals surface area contributed by atoms with Gasteiger partial charge in [-0.2, -0.15) is 5.10 Å². The summed E-state index contributed by atoms with van der Waals surface area (Å²) in [6.07, 6.45) is 3.34. The molecule has 1 aromatic carbocycles. The third-order valence-electron chi connectivity index (χ3n) is 4.54. The minimum Gasteiger partial charge on any atom is -0.497 e. The minimum absolute atomic E-state index is 0.211. The normalized spacial score (nSPS) is 17.8. The highest BCUT2D eigenvalue weighted by Gasteiger charge is 2.26. The highest BCUT2D eigenvalue weighted by atomic mass is 16.5. The SMILES string of the molecule is COc1ccc(CCC(=O)N2CCC[C@H](c3n[nH]c(C)n3)C2)cc1. The Balaban J connectivity index is 1.54. The van der Waals surface area contributed by atoms with Gasteiger partial charge in [-0.15, -0.1) is 0 Å². The van der Waals surface area contributed by atoms with E-state index < -0.39 is 0 Å². The molecule has 0 aliphatic carbocycles. The van der Waals surface area contributed by atoms with Gasteiger partial charge >= 0.3 is 0 Å². The Morgan fingerprint density at radius 3 is 2.83 bits per heavy atom. The smallest absolute Gasteiger partial charge is 0.222 e. The van der Waals surface area contributed by atoms with Crippen LogP contribution in [0.2, 0.25) is 0 Å². The molecule has 6 nitrogen and oxygen atoms in total. The number of hydrogen-bond acceptors (Lipinski definition) is 4. The highest BCUT2D eigenvalue weighted by Crippen LogP contribution is 2.25. The molecule has 0 radical (unpaired) electrons. The Hall–Kier alpha value is -2.37. The van der Waals surface area contributed by atoms with Gasteiger partial charge < -0.3 is 9.64 Å². The number of hydrogen-bond donors (Lipinski definition) is 1. The highest BCUT2D eigenvalue weighted by molar-refractivity contribution is 5.76. The van der Waals surface area contributed by atoms with E-state index in [9.17, 15) is 4.79 Å². The molecule has 0 spiro atoms. The Morgan fingerprint density at radius 2 is 2.17 bits per heavy atom. The van der Waals surface area contributed by atoms with E-state index in [2.05, 4.69) is 15.2 Å². The lowest BCUT2D eigenvalue weighted by Gasteiger charge is -2.31. The van der Waals surface area contributed by atoms with Crippen LogP contribution in [-0.4, -0.2) is 46.2 Å². The van der Waals surface area contributed by atoms with Crippen LogP contribution in [0.15, 0.2) is 24.3 Å². The van der Waals surface area contributed by atoms with Crippen molar-refractivity contribution < 1.29 is 9.53 Å². The van der Waals surface area contributed by atoms with Crippen LogP contribution in [0, 0.1) is 6.92 Å². The number of aromatic amines is 1. The first-order valence-electron chi connectivity index (χ1n) is 8.45. The van der Waals surface area contributed by atoms with E-state index in [1.54, 1.807) is 7.11 Å². The number of nitrogens with zero attached hydrogens (tertiary/aromatic N) is 3. The van der Waals surface area contributed by atoms with E-state index >= 15 is 0 Å². The fourth-order valence-electron chi connectivity index (χ4n) is 3.16. The molecular weight excluding hydrogens is 304 g/mol. The van der Waals surface area contributed by atoms with Crippen molar-refractivity contribution in [2.45, 2.75) is 38.5 Å². The molecule has 128 valence electrons. The molecule has 1 atom stereocenters. The van der Waals surface area contributed by atoms with E-state index in [0.29, 0.717) is 6.42 Å². The summed E-state index contributed by atoms with van der Waals surface area (Å²) in [4.78, 5) is 18.9. The number of nitrogens with one attached hydrogen (secondary N) is 1. The van der Waals surface area contributed by atoms with Crippen molar-refractivity contribution in [2.24, 2.45) is 0 Å². The third kappa shape index (κ3) is 3.93. The van der Waals surface area contributed by atoms with Gasteiger partial charge in [0.2, 0.25) is 5.91 Å². The average Bonchev–Trinajstić information content (AvgIpc) is 3.06. The lowest BCUT2D eigenvalue weighted by molar-refractivity contribution is -0.132. The molecule has 24 heavy (non-hydrogen) atoms. The molecule has 1 saturated heterocycles. The zero-order valence-electron chi connectivity index (χ0n) is 14.3. The number of amides is 1. The largest absolute Gasteiger partial charge is 0.497 e. The van der Waals surface area contributed by atoms with Gasteiger partial charge in [-0.05, 0) is 43.9 Å². The summed E-state index contributed by atoms with van der Waals surface area (Å²) in [5, 5.41) is 7.15. The lowest BCUT2D eigenvalue weighted by atomic mass is 9.97. The number of methoxy groups -OCH3 is 1. The molecule has 1 fully saturated rings. The monoisotopic (exact) mass is 328 g/mol. The van der Waals surface area contributed by atoms with E-state index in [1.807, 2.05) is 36.1 Å². The zero-order valence-corrected chi connectivity index (χ0v) is 14.3. The van der Waals surface area contributed by atoms with Crippen LogP contribution < -0.4 is 4.74 Å². The predicted molar refractivity (Wildman–Crippen MR) is 91.0 cm³/mol. The Labute approximate surface area is 142 Å². The fraction of sp³-hybridized carbons (Fsp3) is 0.500. The predicted octanol–water partition coefficient (Wildman–Crippen LogP) is 2.46. The van der Waals surface area contributed by atoms with Crippen molar-refractivity contribution in [3.05, 3.63) is 41.5 Å². The fourth-order valence-corrected chi connectivity index (χ4v) is 3.16. The number of benzene rings is 1. The van der Waals surface area contributed by atoms with Crippen molar-refractivity contribution in [1.82, 2.24) is 20.1 Å².